The first-order valence-corrected chi connectivity index (χ1v) is 17.1. The fraction of sp³-hybridized carbons (Fsp3) is 0.462. The summed E-state index contributed by atoms with van der Waals surface area (Å²) in [6, 6.07) is 18.5. The largest absolute Gasteiger partial charge is 0.393 e. The van der Waals surface area contributed by atoms with E-state index in [9.17, 15) is 19.5 Å². The topological polar surface area (TPSA) is 107 Å². The molecule has 3 aliphatic rings. The molecule has 1 saturated carbocycles. The number of likely N-dealkylation sites (tertiary alicyclic amines) is 1. The Hall–Kier alpha value is -4.01. The van der Waals surface area contributed by atoms with Gasteiger partial charge in [-0.15, -0.1) is 0 Å². The summed E-state index contributed by atoms with van der Waals surface area (Å²) in [7, 11) is 3.35. The van der Waals surface area contributed by atoms with E-state index >= 15 is 0 Å². The zero-order chi connectivity index (χ0) is 33.4. The van der Waals surface area contributed by atoms with Crippen LogP contribution in [0.5, 0.6) is 0 Å². The number of likely N-dealkylation sites (N-methyl/N-ethyl adjacent to an activating group) is 2. The number of nitrogens with two attached hydrogens (primary N) is 1. The maximum atomic E-state index is 14.5. The molecule has 3 atom stereocenters. The SMILES string of the molecule is CN(C(=O)/C=C/CC1(N)CCC1)[C@H](CC1=CCC(c2ccccc2)C=C1)C(=O)N(C)[C@H](Cc1ccccc1)C(=O)N1CCC(O)CC1. The standard InChI is InChI=1S/C39H50N4O4/c1-41(36(45)15-9-22-39(40)23-10-24-39)34(28-30-16-18-32(19-17-30)31-13-7-4-8-14-31)37(46)42(2)35(27-29-11-5-3-6-12-29)38(47)43-25-20-33(44)21-26-43/h3-9,11-18,32-35,44H,10,19-28,40H2,1-2H3/b15-9+/t32?,34-,35-/m1/s1. The molecule has 2 fully saturated rings. The highest BCUT2D eigenvalue weighted by molar-refractivity contribution is 5.95. The lowest BCUT2D eigenvalue weighted by Gasteiger charge is -2.38. The highest BCUT2D eigenvalue weighted by Gasteiger charge is 2.38. The molecule has 1 aliphatic heterocycles. The van der Waals surface area contributed by atoms with Gasteiger partial charge in [-0.3, -0.25) is 14.4 Å². The third kappa shape index (κ3) is 8.87. The molecule has 5 rings (SSSR count). The summed E-state index contributed by atoms with van der Waals surface area (Å²) in [5.41, 5.74) is 9.31. The fourth-order valence-electron chi connectivity index (χ4n) is 6.79. The Kier molecular flexibility index (Phi) is 11.5. The number of piperidine rings is 1. The quantitative estimate of drug-likeness (QED) is 0.327. The number of carbonyl (C=O) groups is 3. The van der Waals surface area contributed by atoms with E-state index in [0.29, 0.717) is 45.2 Å². The molecule has 1 heterocycles. The van der Waals surface area contributed by atoms with E-state index in [1.54, 1.807) is 23.9 Å². The Morgan fingerprint density at radius 3 is 2.21 bits per heavy atom. The van der Waals surface area contributed by atoms with Gasteiger partial charge in [-0.25, -0.2) is 0 Å². The molecule has 0 spiro atoms. The summed E-state index contributed by atoms with van der Waals surface area (Å²) in [6.07, 6.45) is 15.5. The molecular formula is C39H50N4O4. The van der Waals surface area contributed by atoms with E-state index in [1.807, 2.05) is 54.6 Å². The Bertz CT molecular complexity index is 1460. The average Bonchev–Trinajstić information content (AvgIpc) is 3.09. The van der Waals surface area contributed by atoms with Crippen LogP contribution in [0.1, 0.15) is 68.4 Å². The van der Waals surface area contributed by atoms with E-state index in [0.717, 1.165) is 36.8 Å². The monoisotopic (exact) mass is 638 g/mol. The van der Waals surface area contributed by atoms with Gasteiger partial charge in [0.2, 0.25) is 17.7 Å². The molecule has 0 bridgehead atoms. The van der Waals surface area contributed by atoms with Crippen LogP contribution in [0, 0.1) is 0 Å². The van der Waals surface area contributed by atoms with Crippen LogP contribution in [0.2, 0.25) is 0 Å². The van der Waals surface area contributed by atoms with Gasteiger partial charge in [-0.2, -0.15) is 0 Å². The summed E-state index contributed by atoms with van der Waals surface area (Å²) in [6.45, 7) is 0.894. The average molecular weight is 639 g/mol. The zero-order valence-corrected chi connectivity index (χ0v) is 27.8. The Balaban J connectivity index is 1.38. The van der Waals surface area contributed by atoms with Crippen molar-refractivity contribution in [3.8, 4) is 0 Å². The predicted octanol–water partition coefficient (Wildman–Crippen LogP) is 4.75. The van der Waals surface area contributed by atoms with Crippen molar-refractivity contribution in [2.45, 2.75) is 87.4 Å². The lowest BCUT2D eigenvalue weighted by atomic mass is 9.75. The van der Waals surface area contributed by atoms with Crippen molar-refractivity contribution in [2.24, 2.45) is 5.73 Å². The van der Waals surface area contributed by atoms with Gasteiger partial charge in [0.1, 0.15) is 12.1 Å². The van der Waals surface area contributed by atoms with Gasteiger partial charge in [-0.05, 0) is 67.7 Å². The third-order valence-corrected chi connectivity index (χ3v) is 10.2. The number of hydrogen-bond acceptors (Lipinski definition) is 5. The second kappa shape index (κ2) is 15.7. The number of benzene rings is 2. The highest BCUT2D eigenvalue weighted by Crippen LogP contribution is 2.32. The molecule has 0 radical (unpaired) electrons. The van der Waals surface area contributed by atoms with E-state index in [4.69, 9.17) is 5.73 Å². The van der Waals surface area contributed by atoms with Gasteiger partial charge in [0.15, 0.2) is 0 Å². The van der Waals surface area contributed by atoms with Crippen molar-refractivity contribution in [2.75, 3.05) is 27.2 Å². The van der Waals surface area contributed by atoms with Crippen LogP contribution >= 0.6 is 0 Å². The predicted molar refractivity (Wildman–Crippen MR) is 185 cm³/mol. The molecule has 1 unspecified atom stereocenters. The number of carbonyl (C=O) groups excluding carboxylic acids is 3. The van der Waals surface area contributed by atoms with Crippen LogP contribution in [-0.2, 0) is 20.8 Å². The number of allylic oxidation sites excluding steroid dienone is 3. The number of rotatable bonds is 12. The molecule has 47 heavy (non-hydrogen) atoms. The van der Waals surface area contributed by atoms with Crippen molar-refractivity contribution in [3.63, 3.8) is 0 Å². The van der Waals surface area contributed by atoms with Crippen molar-refractivity contribution in [1.82, 2.24) is 14.7 Å². The van der Waals surface area contributed by atoms with Crippen LogP contribution < -0.4 is 5.73 Å². The summed E-state index contributed by atoms with van der Waals surface area (Å²) >= 11 is 0. The zero-order valence-electron chi connectivity index (χ0n) is 27.8. The fourth-order valence-corrected chi connectivity index (χ4v) is 6.79. The normalized spacial score (nSPS) is 20.6. The smallest absolute Gasteiger partial charge is 0.246 e. The lowest BCUT2D eigenvalue weighted by Crippen LogP contribution is -2.57. The van der Waals surface area contributed by atoms with Gasteiger partial charge < -0.3 is 25.5 Å². The third-order valence-electron chi connectivity index (χ3n) is 10.2. The molecule has 250 valence electrons. The van der Waals surface area contributed by atoms with Crippen molar-refractivity contribution in [1.29, 1.82) is 0 Å². The summed E-state index contributed by atoms with van der Waals surface area (Å²) < 4.78 is 0. The van der Waals surface area contributed by atoms with Gasteiger partial charge in [-0.1, -0.05) is 85.0 Å². The summed E-state index contributed by atoms with van der Waals surface area (Å²) in [5, 5.41) is 10.1. The molecule has 2 aliphatic carbocycles. The molecular weight excluding hydrogens is 588 g/mol. The van der Waals surface area contributed by atoms with E-state index in [1.165, 1.54) is 16.5 Å². The number of nitrogens with zero attached hydrogens (tertiary/aromatic N) is 3. The number of hydrogen-bond donors (Lipinski definition) is 2. The minimum Gasteiger partial charge on any atom is -0.393 e. The maximum Gasteiger partial charge on any atom is 0.246 e. The van der Waals surface area contributed by atoms with E-state index in [2.05, 4.69) is 30.4 Å². The Morgan fingerprint density at radius 1 is 0.957 bits per heavy atom. The first kappa shape index (κ1) is 34.3. The number of aliphatic hydroxyl groups excluding tert-OH is 1. The van der Waals surface area contributed by atoms with E-state index in [-0.39, 0.29) is 29.2 Å². The number of aliphatic hydroxyl groups is 1. The maximum absolute atomic E-state index is 14.5. The number of amides is 3. The van der Waals surface area contributed by atoms with E-state index < -0.39 is 18.2 Å². The molecule has 2 aromatic rings. The van der Waals surface area contributed by atoms with Crippen molar-refractivity contribution < 1.29 is 19.5 Å². The summed E-state index contributed by atoms with van der Waals surface area (Å²) in [5.74, 6) is -0.432. The minimum absolute atomic E-state index is 0.138. The van der Waals surface area contributed by atoms with Crippen molar-refractivity contribution >= 4 is 17.7 Å². The highest BCUT2D eigenvalue weighted by atomic mass is 16.3. The second-order valence-electron chi connectivity index (χ2n) is 13.6. The molecule has 3 amide bonds. The van der Waals surface area contributed by atoms with Crippen LogP contribution in [0.3, 0.4) is 0 Å². The van der Waals surface area contributed by atoms with Crippen LogP contribution in [0.15, 0.2) is 96.6 Å². The van der Waals surface area contributed by atoms with Crippen LogP contribution in [0.4, 0.5) is 0 Å². The lowest BCUT2D eigenvalue weighted by molar-refractivity contribution is -0.150. The molecule has 8 nitrogen and oxygen atoms in total. The second-order valence-corrected chi connectivity index (χ2v) is 13.6. The van der Waals surface area contributed by atoms with Crippen LogP contribution in [0.25, 0.3) is 0 Å². The minimum atomic E-state index is -0.814. The van der Waals surface area contributed by atoms with Gasteiger partial charge >= 0.3 is 0 Å². The van der Waals surface area contributed by atoms with Gasteiger partial charge in [0, 0.05) is 51.5 Å². The summed E-state index contributed by atoms with van der Waals surface area (Å²) in [4.78, 5) is 46.9. The first-order valence-electron chi connectivity index (χ1n) is 17.1. The molecule has 0 aromatic heterocycles. The van der Waals surface area contributed by atoms with Crippen molar-refractivity contribution in [3.05, 3.63) is 108 Å². The Labute approximate surface area is 279 Å². The molecule has 2 aromatic carbocycles. The molecule has 8 heteroatoms. The van der Waals surface area contributed by atoms with Gasteiger partial charge in [0.25, 0.3) is 0 Å². The molecule has 3 N–H and O–H groups in total. The van der Waals surface area contributed by atoms with Crippen LogP contribution in [-0.4, -0.2) is 88.4 Å². The van der Waals surface area contributed by atoms with Gasteiger partial charge in [0.05, 0.1) is 6.10 Å². The Morgan fingerprint density at radius 2 is 1.62 bits per heavy atom. The molecule has 1 saturated heterocycles. The first-order chi connectivity index (χ1) is 22.6.